The predicted octanol–water partition coefficient (Wildman–Crippen LogP) is 2.86. The van der Waals surface area contributed by atoms with Crippen LogP contribution in [0.5, 0.6) is 0 Å². The Morgan fingerprint density at radius 2 is 2.08 bits per heavy atom. The fourth-order valence-corrected chi connectivity index (χ4v) is 4.24. The first-order chi connectivity index (χ1) is 12.2. The number of carbonyl (C=O) groups excluding carboxylic acids is 1. The van der Waals surface area contributed by atoms with Crippen LogP contribution in [0.4, 0.5) is 0 Å². The van der Waals surface area contributed by atoms with Gasteiger partial charge in [-0.25, -0.2) is 0 Å². The highest BCUT2D eigenvalue weighted by Gasteiger charge is 2.39. The number of ether oxygens (including phenoxy) is 2. The summed E-state index contributed by atoms with van der Waals surface area (Å²) in [6.45, 7) is 4.27. The van der Waals surface area contributed by atoms with Gasteiger partial charge in [0.15, 0.2) is 0 Å². The van der Waals surface area contributed by atoms with Crippen LogP contribution in [-0.4, -0.2) is 42.4 Å². The lowest BCUT2D eigenvalue weighted by atomic mass is 9.84. The van der Waals surface area contributed by atoms with Gasteiger partial charge < -0.3 is 19.8 Å². The number of benzene rings is 1. The summed E-state index contributed by atoms with van der Waals surface area (Å²) in [5, 5.41) is 4.39. The molecular formula is C20H26N2O3. The van der Waals surface area contributed by atoms with Gasteiger partial charge in [0.2, 0.25) is 5.91 Å². The average Bonchev–Trinajstić information content (AvgIpc) is 2.91. The molecule has 134 valence electrons. The fourth-order valence-electron chi connectivity index (χ4n) is 4.24. The lowest BCUT2D eigenvalue weighted by molar-refractivity contribution is -0.143. The van der Waals surface area contributed by atoms with Crippen molar-refractivity contribution in [3.8, 4) is 0 Å². The quantitative estimate of drug-likeness (QED) is 0.901. The van der Waals surface area contributed by atoms with Crippen molar-refractivity contribution in [2.24, 2.45) is 0 Å². The number of carbonyl (C=O) groups is 1. The molecule has 0 unspecified atom stereocenters. The molecule has 2 saturated heterocycles. The van der Waals surface area contributed by atoms with E-state index in [0.29, 0.717) is 6.42 Å². The van der Waals surface area contributed by atoms with Gasteiger partial charge in [-0.15, -0.1) is 0 Å². The molecule has 2 aliphatic heterocycles. The third-order valence-electron chi connectivity index (χ3n) is 5.63. The monoisotopic (exact) mass is 342 g/mol. The molecule has 0 aliphatic carbocycles. The summed E-state index contributed by atoms with van der Waals surface area (Å²) in [5.41, 5.74) is 3.17. The summed E-state index contributed by atoms with van der Waals surface area (Å²) in [4.78, 5) is 16.0. The Morgan fingerprint density at radius 1 is 1.28 bits per heavy atom. The van der Waals surface area contributed by atoms with Crippen molar-refractivity contribution in [1.29, 1.82) is 0 Å². The van der Waals surface area contributed by atoms with Gasteiger partial charge in [-0.05, 0) is 44.2 Å². The Bertz CT molecular complexity index is 756. The smallest absolute Gasteiger partial charge is 0.224 e. The fraction of sp³-hybridized carbons (Fsp3) is 0.550. The third-order valence-corrected chi connectivity index (χ3v) is 5.63. The molecule has 0 saturated carbocycles. The molecule has 5 nitrogen and oxygen atoms in total. The molecule has 25 heavy (non-hydrogen) atoms. The number of aryl methyl sites for hydroxylation is 1. The Hall–Kier alpha value is -1.85. The minimum Gasteiger partial charge on any atom is -0.381 e. The molecule has 1 atom stereocenters. The topological polar surface area (TPSA) is 63.4 Å². The van der Waals surface area contributed by atoms with E-state index >= 15 is 0 Å². The highest BCUT2D eigenvalue weighted by Crippen LogP contribution is 2.34. The van der Waals surface area contributed by atoms with Crippen LogP contribution < -0.4 is 5.32 Å². The molecule has 0 bridgehead atoms. The maximum absolute atomic E-state index is 12.7. The number of aromatic amines is 1. The Balaban J connectivity index is 1.42. The zero-order chi connectivity index (χ0) is 17.3. The molecule has 1 aromatic heterocycles. The normalized spacial score (nSPS) is 23.0. The van der Waals surface area contributed by atoms with E-state index in [2.05, 4.69) is 22.4 Å². The molecule has 2 aromatic rings. The molecule has 2 aliphatic rings. The standard InChI is InChI=1S/C20H26N2O3/c1-14-17(16-4-2-3-5-18(16)21-14)12-19(23)22-15-6-9-25-20(13-15)7-10-24-11-8-20/h2-5,15,21H,6-13H2,1H3,(H,22,23)/t15-/m0/s1. The van der Waals surface area contributed by atoms with Gasteiger partial charge in [0.25, 0.3) is 0 Å². The third kappa shape index (κ3) is 3.44. The van der Waals surface area contributed by atoms with Gasteiger partial charge in [0.1, 0.15) is 0 Å². The van der Waals surface area contributed by atoms with Crippen molar-refractivity contribution in [2.75, 3.05) is 19.8 Å². The molecule has 2 N–H and O–H groups in total. The summed E-state index contributed by atoms with van der Waals surface area (Å²) in [6, 6.07) is 8.36. The van der Waals surface area contributed by atoms with E-state index in [-0.39, 0.29) is 17.6 Å². The van der Waals surface area contributed by atoms with Gasteiger partial charge in [-0.3, -0.25) is 4.79 Å². The first-order valence-electron chi connectivity index (χ1n) is 9.22. The van der Waals surface area contributed by atoms with Crippen molar-refractivity contribution < 1.29 is 14.3 Å². The minimum atomic E-state index is -0.0921. The maximum Gasteiger partial charge on any atom is 0.224 e. The second-order valence-electron chi connectivity index (χ2n) is 7.35. The zero-order valence-corrected chi connectivity index (χ0v) is 14.8. The number of aromatic nitrogens is 1. The van der Waals surface area contributed by atoms with Gasteiger partial charge in [-0.1, -0.05) is 18.2 Å². The van der Waals surface area contributed by atoms with Crippen LogP contribution in [0.15, 0.2) is 24.3 Å². The molecule has 3 heterocycles. The lowest BCUT2D eigenvalue weighted by Crippen LogP contribution is -2.51. The maximum atomic E-state index is 12.7. The average molecular weight is 342 g/mol. The van der Waals surface area contributed by atoms with Crippen molar-refractivity contribution in [1.82, 2.24) is 10.3 Å². The largest absolute Gasteiger partial charge is 0.381 e. The number of para-hydroxylation sites is 1. The second kappa shape index (κ2) is 6.81. The Kier molecular flexibility index (Phi) is 4.52. The first kappa shape index (κ1) is 16.6. The van der Waals surface area contributed by atoms with Gasteiger partial charge in [0.05, 0.1) is 12.0 Å². The summed E-state index contributed by atoms with van der Waals surface area (Å²) in [6.07, 6.45) is 4.07. The van der Waals surface area contributed by atoms with Crippen LogP contribution in [0.3, 0.4) is 0 Å². The predicted molar refractivity (Wildman–Crippen MR) is 96.6 cm³/mol. The molecule has 1 amide bonds. The number of hydrogen-bond donors (Lipinski definition) is 2. The van der Waals surface area contributed by atoms with Gasteiger partial charge in [0, 0.05) is 42.5 Å². The van der Waals surface area contributed by atoms with Crippen molar-refractivity contribution in [3.05, 3.63) is 35.5 Å². The number of rotatable bonds is 3. The van der Waals surface area contributed by atoms with Crippen LogP contribution in [-0.2, 0) is 20.7 Å². The van der Waals surface area contributed by atoms with Crippen LogP contribution in [0.2, 0.25) is 0 Å². The van der Waals surface area contributed by atoms with E-state index in [0.717, 1.165) is 67.7 Å². The number of fused-ring (bicyclic) bond motifs is 1. The number of H-pyrrole nitrogens is 1. The van der Waals surface area contributed by atoms with Crippen molar-refractivity contribution in [3.63, 3.8) is 0 Å². The van der Waals surface area contributed by atoms with Crippen LogP contribution >= 0.6 is 0 Å². The van der Waals surface area contributed by atoms with E-state index in [1.54, 1.807) is 0 Å². The molecule has 5 heteroatoms. The number of hydrogen-bond acceptors (Lipinski definition) is 3. The molecule has 1 spiro atoms. The number of amides is 1. The van der Waals surface area contributed by atoms with E-state index < -0.39 is 0 Å². The highest BCUT2D eigenvalue weighted by atomic mass is 16.5. The van der Waals surface area contributed by atoms with Crippen molar-refractivity contribution >= 4 is 16.8 Å². The van der Waals surface area contributed by atoms with E-state index in [4.69, 9.17) is 9.47 Å². The van der Waals surface area contributed by atoms with E-state index in [1.807, 2.05) is 19.1 Å². The van der Waals surface area contributed by atoms with E-state index in [9.17, 15) is 4.79 Å². The minimum absolute atomic E-state index is 0.0921. The highest BCUT2D eigenvalue weighted by molar-refractivity contribution is 5.90. The van der Waals surface area contributed by atoms with E-state index in [1.165, 1.54) is 0 Å². The SMILES string of the molecule is Cc1[nH]c2ccccc2c1CC(=O)N[C@H]1CCOC2(CCOCC2)C1. The summed E-state index contributed by atoms with van der Waals surface area (Å²) in [7, 11) is 0. The molecule has 2 fully saturated rings. The lowest BCUT2D eigenvalue weighted by Gasteiger charge is -2.43. The first-order valence-corrected chi connectivity index (χ1v) is 9.22. The summed E-state index contributed by atoms with van der Waals surface area (Å²) >= 11 is 0. The molecule has 0 radical (unpaired) electrons. The Morgan fingerprint density at radius 3 is 2.92 bits per heavy atom. The molecule has 4 rings (SSSR count). The second-order valence-corrected chi connectivity index (χ2v) is 7.35. The molecular weight excluding hydrogens is 316 g/mol. The van der Waals surface area contributed by atoms with Crippen LogP contribution in [0, 0.1) is 6.92 Å². The van der Waals surface area contributed by atoms with Gasteiger partial charge >= 0.3 is 0 Å². The zero-order valence-electron chi connectivity index (χ0n) is 14.8. The molecule has 1 aromatic carbocycles. The Labute approximate surface area is 148 Å². The van der Waals surface area contributed by atoms with Crippen LogP contribution in [0.25, 0.3) is 10.9 Å². The number of nitrogens with one attached hydrogen (secondary N) is 2. The van der Waals surface area contributed by atoms with Crippen molar-refractivity contribution in [2.45, 2.75) is 50.7 Å². The van der Waals surface area contributed by atoms with Gasteiger partial charge in [-0.2, -0.15) is 0 Å². The summed E-state index contributed by atoms with van der Waals surface area (Å²) in [5.74, 6) is 0.0990. The summed E-state index contributed by atoms with van der Waals surface area (Å²) < 4.78 is 11.5. The van der Waals surface area contributed by atoms with Crippen LogP contribution in [0.1, 0.15) is 36.9 Å².